The van der Waals surface area contributed by atoms with Crippen LogP contribution < -0.4 is 10.6 Å². The summed E-state index contributed by atoms with van der Waals surface area (Å²) >= 11 is 0. The van der Waals surface area contributed by atoms with Crippen LogP contribution in [0.4, 0.5) is 0 Å². The van der Waals surface area contributed by atoms with Gasteiger partial charge in [-0.05, 0) is 55.0 Å². The molecule has 1 aliphatic rings. The van der Waals surface area contributed by atoms with Crippen LogP contribution in [0, 0.1) is 6.92 Å². The highest BCUT2D eigenvalue weighted by Crippen LogP contribution is 2.35. The summed E-state index contributed by atoms with van der Waals surface area (Å²) in [7, 11) is 0. The molecule has 0 spiro atoms. The Balaban J connectivity index is 1.40. The van der Waals surface area contributed by atoms with E-state index in [0.29, 0.717) is 18.5 Å². The van der Waals surface area contributed by atoms with Crippen LogP contribution in [-0.2, 0) is 6.42 Å². The minimum atomic E-state index is -0.965. The van der Waals surface area contributed by atoms with Crippen molar-refractivity contribution in [3.05, 3.63) is 100.0 Å². The Hall–Kier alpha value is -4.53. The predicted octanol–water partition coefficient (Wildman–Crippen LogP) is 3.64. The molecule has 4 aromatic rings. The molecular formula is C27H25N5O4. The smallest absolute Gasteiger partial charge is 0.335 e. The number of fused-ring (bicyclic) bond motifs is 2. The van der Waals surface area contributed by atoms with Crippen LogP contribution in [0.1, 0.15) is 79.0 Å². The molecule has 0 unspecified atom stereocenters. The third-order valence-corrected chi connectivity index (χ3v) is 6.70. The van der Waals surface area contributed by atoms with Crippen LogP contribution in [0.25, 0.3) is 5.65 Å². The zero-order valence-corrected chi connectivity index (χ0v) is 19.9. The number of carbonyl (C=O) groups excluding carboxylic acids is 2. The maximum absolute atomic E-state index is 13.4. The van der Waals surface area contributed by atoms with Crippen molar-refractivity contribution < 1.29 is 19.5 Å². The second-order valence-electron chi connectivity index (χ2n) is 8.91. The van der Waals surface area contributed by atoms with Gasteiger partial charge in [0.15, 0.2) is 5.65 Å². The van der Waals surface area contributed by atoms with E-state index in [-0.39, 0.29) is 29.0 Å². The van der Waals surface area contributed by atoms with Crippen molar-refractivity contribution in [1.82, 2.24) is 25.2 Å². The summed E-state index contributed by atoms with van der Waals surface area (Å²) in [5.41, 5.74) is 4.50. The fourth-order valence-electron chi connectivity index (χ4n) is 4.78. The summed E-state index contributed by atoms with van der Waals surface area (Å²) in [6, 6.07) is 15.5. The molecule has 9 heteroatoms. The van der Waals surface area contributed by atoms with Crippen LogP contribution in [0.15, 0.2) is 60.8 Å². The standard InChI is InChI=1S/C27H25N5O4/c1-15-18-10-11-21(20(18)9-8-19(15)27(35)36)31-26(34)23-14-22(30-24-12-13-28-32(23)24)25(33)29-16(2)17-6-4-3-5-7-17/h3-9,12-14,16,21H,10-11H2,1-2H3,(H,29,33)(H,31,34)(H,35,36)/t16-,21-/m0/s1. The van der Waals surface area contributed by atoms with Gasteiger partial charge in [-0.15, -0.1) is 0 Å². The minimum absolute atomic E-state index is 0.115. The molecule has 0 fully saturated rings. The number of carboxylic acid groups (broad SMARTS) is 1. The van der Waals surface area contributed by atoms with E-state index in [1.807, 2.05) is 37.3 Å². The molecule has 0 aliphatic heterocycles. The van der Waals surface area contributed by atoms with E-state index < -0.39 is 17.8 Å². The Labute approximate surface area is 207 Å². The highest BCUT2D eigenvalue weighted by molar-refractivity contribution is 5.98. The molecule has 1 aliphatic carbocycles. The van der Waals surface area contributed by atoms with Gasteiger partial charge in [-0.25, -0.2) is 14.3 Å². The van der Waals surface area contributed by atoms with Gasteiger partial charge in [-0.3, -0.25) is 9.59 Å². The number of aromatic nitrogens is 3. The van der Waals surface area contributed by atoms with Gasteiger partial charge in [0, 0.05) is 12.1 Å². The number of nitrogens with one attached hydrogen (secondary N) is 2. The fraction of sp³-hybridized carbons (Fsp3) is 0.222. The van der Waals surface area contributed by atoms with Crippen LogP contribution in [0.2, 0.25) is 0 Å². The number of hydrogen-bond acceptors (Lipinski definition) is 5. The van der Waals surface area contributed by atoms with E-state index in [1.165, 1.54) is 16.8 Å². The number of benzene rings is 2. The summed E-state index contributed by atoms with van der Waals surface area (Å²) in [5.74, 6) is -1.76. The maximum atomic E-state index is 13.4. The minimum Gasteiger partial charge on any atom is -0.478 e. The average molecular weight is 484 g/mol. The van der Waals surface area contributed by atoms with Gasteiger partial charge in [0.1, 0.15) is 11.4 Å². The van der Waals surface area contributed by atoms with E-state index in [1.54, 1.807) is 25.1 Å². The average Bonchev–Trinajstić information content (AvgIpc) is 3.51. The molecule has 2 amide bonds. The number of aromatic carboxylic acids is 1. The molecule has 2 aromatic carbocycles. The molecule has 0 radical (unpaired) electrons. The van der Waals surface area contributed by atoms with Crippen LogP contribution in [0.3, 0.4) is 0 Å². The van der Waals surface area contributed by atoms with Crippen molar-refractivity contribution in [2.75, 3.05) is 0 Å². The maximum Gasteiger partial charge on any atom is 0.335 e. The number of rotatable bonds is 6. The number of carboxylic acids is 1. The SMILES string of the molecule is Cc1c(C(=O)O)ccc2c1CC[C@@H]2NC(=O)c1cc(C(=O)N[C@@H](C)c2ccccc2)nc2ccnn12. The van der Waals surface area contributed by atoms with Crippen LogP contribution in [-0.4, -0.2) is 37.5 Å². The molecule has 2 aromatic heterocycles. The Morgan fingerprint density at radius 3 is 2.61 bits per heavy atom. The normalized spacial score (nSPS) is 15.3. The molecular weight excluding hydrogens is 458 g/mol. The Kier molecular flexibility index (Phi) is 5.97. The van der Waals surface area contributed by atoms with Gasteiger partial charge in [0.25, 0.3) is 11.8 Å². The number of carbonyl (C=O) groups is 3. The van der Waals surface area contributed by atoms with E-state index in [0.717, 1.165) is 22.3 Å². The molecule has 9 nitrogen and oxygen atoms in total. The lowest BCUT2D eigenvalue weighted by molar-refractivity contribution is 0.0695. The molecule has 0 saturated heterocycles. The van der Waals surface area contributed by atoms with E-state index >= 15 is 0 Å². The summed E-state index contributed by atoms with van der Waals surface area (Å²) in [6.07, 6.45) is 2.85. The van der Waals surface area contributed by atoms with E-state index in [4.69, 9.17) is 0 Å². The molecule has 182 valence electrons. The van der Waals surface area contributed by atoms with Gasteiger partial charge >= 0.3 is 5.97 Å². The quantitative estimate of drug-likeness (QED) is 0.384. The van der Waals surface area contributed by atoms with Gasteiger partial charge in [0.2, 0.25) is 0 Å². The number of amides is 2. The Morgan fingerprint density at radius 2 is 1.86 bits per heavy atom. The van der Waals surface area contributed by atoms with Crippen molar-refractivity contribution in [3.63, 3.8) is 0 Å². The largest absolute Gasteiger partial charge is 0.478 e. The molecule has 2 atom stereocenters. The van der Waals surface area contributed by atoms with Crippen molar-refractivity contribution in [2.45, 2.75) is 38.8 Å². The first-order chi connectivity index (χ1) is 17.3. The Bertz CT molecular complexity index is 1500. The lowest BCUT2D eigenvalue weighted by Gasteiger charge is -2.17. The lowest BCUT2D eigenvalue weighted by Crippen LogP contribution is -2.31. The van der Waals surface area contributed by atoms with E-state index in [9.17, 15) is 19.5 Å². The first kappa shape index (κ1) is 23.2. The lowest BCUT2D eigenvalue weighted by atomic mass is 9.98. The Morgan fingerprint density at radius 1 is 1.08 bits per heavy atom. The third kappa shape index (κ3) is 4.19. The highest BCUT2D eigenvalue weighted by atomic mass is 16.4. The zero-order chi connectivity index (χ0) is 25.4. The molecule has 0 bridgehead atoms. The van der Waals surface area contributed by atoms with Crippen molar-refractivity contribution in [1.29, 1.82) is 0 Å². The van der Waals surface area contributed by atoms with Gasteiger partial charge in [-0.2, -0.15) is 5.10 Å². The second kappa shape index (κ2) is 9.26. The van der Waals surface area contributed by atoms with E-state index in [2.05, 4.69) is 20.7 Å². The number of hydrogen-bond donors (Lipinski definition) is 3. The summed E-state index contributed by atoms with van der Waals surface area (Å²) in [4.78, 5) is 42.3. The fourth-order valence-corrected chi connectivity index (χ4v) is 4.78. The molecule has 3 N–H and O–H groups in total. The second-order valence-corrected chi connectivity index (χ2v) is 8.91. The monoisotopic (exact) mass is 483 g/mol. The molecule has 2 heterocycles. The highest BCUT2D eigenvalue weighted by Gasteiger charge is 2.29. The van der Waals surface area contributed by atoms with Crippen LogP contribution >= 0.6 is 0 Å². The number of nitrogens with zero attached hydrogens (tertiary/aromatic N) is 3. The summed E-state index contributed by atoms with van der Waals surface area (Å²) < 4.78 is 1.40. The molecule has 5 rings (SSSR count). The van der Waals surface area contributed by atoms with Gasteiger partial charge < -0.3 is 15.7 Å². The van der Waals surface area contributed by atoms with Gasteiger partial charge in [0.05, 0.1) is 23.8 Å². The summed E-state index contributed by atoms with van der Waals surface area (Å²) in [6.45, 7) is 3.68. The third-order valence-electron chi connectivity index (χ3n) is 6.70. The first-order valence-electron chi connectivity index (χ1n) is 11.7. The van der Waals surface area contributed by atoms with Crippen molar-refractivity contribution in [2.24, 2.45) is 0 Å². The molecule has 36 heavy (non-hydrogen) atoms. The first-order valence-corrected chi connectivity index (χ1v) is 11.7. The van der Waals surface area contributed by atoms with Gasteiger partial charge in [-0.1, -0.05) is 36.4 Å². The summed E-state index contributed by atoms with van der Waals surface area (Å²) in [5, 5.41) is 19.6. The van der Waals surface area contributed by atoms with Crippen molar-refractivity contribution >= 4 is 23.4 Å². The molecule has 0 saturated carbocycles. The topological polar surface area (TPSA) is 126 Å². The van der Waals surface area contributed by atoms with Crippen molar-refractivity contribution in [3.8, 4) is 0 Å². The van der Waals surface area contributed by atoms with Crippen LogP contribution in [0.5, 0.6) is 0 Å². The predicted molar refractivity (Wildman–Crippen MR) is 132 cm³/mol. The zero-order valence-electron chi connectivity index (χ0n) is 19.9.